The predicted molar refractivity (Wildman–Crippen MR) is 58.1 cm³/mol. The molecule has 0 amide bonds. The third-order valence-corrected chi connectivity index (χ3v) is 2.38. The van der Waals surface area contributed by atoms with Gasteiger partial charge in [-0.1, -0.05) is 30.3 Å². The number of hydrogen-bond acceptors (Lipinski definition) is 3. The molecule has 78 valence electrons. The van der Waals surface area contributed by atoms with Crippen LogP contribution in [0.2, 0.25) is 0 Å². The summed E-state index contributed by atoms with van der Waals surface area (Å²) >= 11 is 0. The van der Waals surface area contributed by atoms with E-state index in [1.807, 2.05) is 29.8 Å². The van der Waals surface area contributed by atoms with Crippen LogP contribution in [0.25, 0.3) is 0 Å². The predicted octanol–water partition coefficient (Wildman–Crippen LogP) is 1.06. The van der Waals surface area contributed by atoms with Crippen molar-refractivity contribution in [3.63, 3.8) is 0 Å². The molecule has 4 nitrogen and oxygen atoms in total. The van der Waals surface area contributed by atoms with E-state index in [0.717, 1.165) is 12.2 Å². The molecular formula is C11H14N4. The molecule has 2 N–H and O–H groups in total. The fourth-order valence-electron chi connectivity index (χ4n) is 1.59. The average molecular weight is 202 g/mol. The van der Waals surface area contributed by atoms with Gasteiger partial charge in [0.2, 0.25) is 0 Å². The van der Waals surface area contributed by atoms with Gasteiger partial charge in [0.05, 0.1) is 6.04 Å². The van der Waals surface area contributed by atoms with E-state index in [0.29, 0.717) is 0 Å². The zero-order valence-electron chi connectivity index (χ0n) is 8.67. The lowest BCUT2D eigenvalue weighted by Gasteiger charge is -2.10. The Morgan fingerprint density at radius 3 is 2.67 bits per heavy atom. The first-order valence-electron chi connectivity index (χ1n) is 4.91. The second kappa shape index (κ2) is 4.23. The highest BCUT2D eigenvalue weighted by Crippen LogP contribution is 2.12. The third-order valence-electron chi connectivity index (χ3n) is 2.38. The molecule has 0 bridgehead atoms. The van der Waals surface area contributed by atoms with Crippen LogP contribution in [0, 0.1) is 0 Å². The van der Waals surface area contributed by atoms with Crippen molar-refractivity contribution >= 4 is 0 Å². The fourth-order valence-corrected chi connectivity index (χ4v) is 1.59. The van der Waals surface area contributed by atoms with Gasteiger partial charge in [-0.15, -0.1) is 10.2 Å². The lowest BCUT2D eigenvalue weighted by atomic mass is 10.1. The van der Waals surface area contributed by atoms with Crippen LogP contribution in [-0.2, 0) is 13.5 Å². The number of nitrogens with two attached hydrogens (primary N) is 1. The summed E-state index contributed by atoms with van der Waals surface area (Å²) in [4.78, 5) is 0. The van der Waals surface area contributed by atoms with Crippen LogP contribution >= 0.6 is 0 Å². The van der Waals surface area contributed by atoms with Crippen LogP contribution in [0.1, 0.15) is 17.4 Å². The van der Waals surface area contributed by atoms with E-state index in [1.54, 1.807) is 6.33 Å². The Labute approximate surface area is 88.8 Å². The Kier molecular flexibility index (Phi) is 2.78. The Bertz CT molecular complexity index is 421. The van der Waals surface area contributed by atoms with Crippen LogP contribution < -0.4 is 5.73 Å². The van der Waals surface area contributed by atoms with Crippen molar-refractivity contribution in [2.45, 2.75) is 12.5 Å². The van der Waals surface area contributed by atoms with Crippen molar-refractivity contribution in [3.05, 3.63) is 48.0 Å². The van der Waals surface area contributed by atoms with E-state index in [1.165, 1.54) is 5.56 Å². The molecule has 0 aliphatic rings. The van der Waals surface area contributed by atoms with Gasteiger partial charge in [-0.25, -0.2) is 0 Å². The Balaban J connectivity index is 2.11. The normalized spacial score (nSPS) is 12.7. The smallest absolute Gasteiger partial charge is 0.149 e. The van der Waals surface area contributed by atoms with E-state index in [9.17, 15) is 0 Å². The Hall–Kier alpha value is -1.68. The maximum absolute atomic E-state index is 6.05. The highest BCUT2D eigenvalue weighted by atomic mass is 15.3. The van der Waals surface area contributed by atoms with E-state index >= 15 is 0 Å². The summed E-state index contributed by atoms with van der Waals surface area (Å²) in [6.07, 6.45) is 2.45. The van der Waals surface area contributed by atoms with Gasteiger partial charge in [0.25, 0.3) is 0 Å². The molecule has 0 saturated carbocycles. The standard InChI is InChI=1S/C11H14N4/c1-15-8-13-14-11(15)10(12)7-9-5-3-2-4-6-9/h2-6,8,10H,7,12H2,1H3/t10-/m1/s1. The molecule has 0 aliphatic heterocycles. The molecule has 1 aromatic heterocycles. The Morgan fingerprint density at radius 1 is 1.33 bits per heavy atom. The van der Waals surface area contributed by atoms with E-state index in [2.05, 4.69) is 22.3 Å². The van der Waals surface area contributed by atoms with Gasteiger partial charge in [0.15, 0.2) is 0 Å². The van der Waals surface area contributed by atoms with Crippen LogP contribution in [0.5, 0.6) is 0 Å². The minimum absolute atomic E-state index is 0.0973. The molecule has 1 aromatic carbocycles. The SMILES string of the molecule is Cn1cnnc1[C@H](N)Cc1ccccc1. The molecule has 0 unspecified atom stereocenters. The summed E-state index contributed by atoms with van der Waals surface area (Å²) in [6.45, 7) is 0. The van der Waals surface area contributed by atoms with Gasteiger partial charge in [-0.3, -0.25) is 0 Å². The number of hydrogen-bond donors (Lipinski definition) is 1. The molecule has 15 heavy (non-hydrogen) atoms. The van der Waals surface area contributed by atoms with Crippen molar-refractivity contribution in [2.24, 2.45) is 12.8 Å². The van der Waals surface area contributed by atoms with Gasteiger partial charge in [-0.05, 0) is 12.0 Å². The summed E-state index contributed by atoms with van der Waals surface area (Å²) in [5, 5.41) is 7.82. The maximum Gasteiger partial charge on any atom is 0.149 e. The molecule has 0 saturated heterocycles. The fraction of sp³-hybridized carbons (Fsp3) is 0.273. The molecule has 0 radical (unpaired) electrons. The highest BCUT2D eigenvalue weighted by Gasteiger charge is 2.11. The van der Waals surface area contributed by atoms with Crippen LogP contribution in [0.3, 0.4) is 0 Å². The summed E-state index contributed by atoms with van der Waals surface area (Å²) in [5.41, 5.74) is 7.26. The van der Waals surface area contributed by atoms with Crippen molar-refractivity contribution < 1.29 is 0 Å². The first-order chi connectivity index (χ1) is 7.27. The van der Waals surface area contributed by atoms with Gasteiger partial charge in [-0.2, -0.15) is 0 Å². The van der Waals surface area contributed by atoms with Crippen molar-refractivity contribution in [1.29, 1.82) is 0 Å². The largest absolute Gasteiger partial charge is 0.321 e. The molecule has 1 atom stereocenters. The molecule has 0 fully saturated rings. The third kappa shape index (κ3) is 2.22. The number of nitrogens with zero attached hydrogens (tertiary/aromatic N) is 3. The molecule has 2 aromatic rings. The maximum atomic E-state index is 6.05. The topological polar surface area (TPSA) is 56.7 Å². The van der Waals surface area contributed by atoms with Crippen LogP contribution in [-0.4, -0.2) is 14.8 Å². The second-order valence-electron chi connectivity index (χ2n) is 3.60. The number of aryl methyl sites for hydroxylation is 1. The second-order valence-corrected chi connectivity index (χ2v) is 3.60. The first kappa shape index (κ1) is 9.86. The first-order valence-corrected chi connectivity index (χ1v) is 4.91. The average Bonchev–Trinajstić information content (AvgIpc) is 2.66. The van der Waals surface area contributed by atoms with Gasteiger partial charge in [0, 0.05) is 7.05 Å². The van der Waals surface area contributed by atoms with Crippen molar-refractivity contribution in [1.82, 2.24) is 14.8 Å². The van der Waals surface area contributed by atoms with Crippen LogP contribution in [0.4, 0.5) is 0 Å². The zero-order chi connectivity index (χ0) is 10.7. The Morgan fingerprint density at radius 2 is 2.07 bits per heavy atom. The minimum Gasteiger partial charge on any atom is -0.321 e. The monoisotopic (exact) mass is 202 g/mol. The summed E-state index contributed by atoms with van der Waals surface area (Å²) in [5.74, 6) is 0.818. The number of benzene rings is 1. The van der Waals surface area contributed by atoms with Crippen molar-refractivity contribution in [2.75, 3.05) is 0 Å². The molecule has 1 heterocycles. The van der Waals surface area contributed by atoms with Crippen molar-refractivity contribution in [3.8, 4) is 0 Å². The summed E-state index contributed by atoms with van der Waals surface area (Å²) in [6, 6.07) is 10.1. The highest BCUT2D eigenvalue weighted by molar-refractivity contribution is 5.17. The van der Waals surface area contributed by atoms with Crippen LogP contribution in [0.15, 0.2) is 36.7 Å². The molecule has 0 aliphatic carbocycles. The van der Waals surface area contributed by atoms with Gasteiger partial charge in [0.1, 0.15) is 12.2 Å². The molecule has 4 heteroatoms. The van der Waals surface area contributed by atoms with Gasteiger partial charge < -0.3 is 10.3 Å². The molecular weight excluding hydrogens is 188 g/mol. The number of rotatable bonds is 3. The minimum atomic E-state index is -0.0973. The van der Waals surface area contributed by atoms with E-state index in [-0.39, 0.29) is 6.04 Å². The number of aromatic nitrogens is 3. The molecule has 2 rings (SSSR count). The van der Waals surface area contributed by atoms with Gasteiger partial charge >= 0.3 is 0 Å². The quantitative estimate of drug-likeness (QED) is 0.809. The summed E-state index contributed by atoms with van der Waals surface area (Å²) < 4.78 is 1.85. The lowest BCUT2D eigenvalue weighted by Crippen LogP contribution is -2.17. The summed E-state index contributed by atoms with van der Waals surface area (Å²) in [7, 11) is 1.90. The lowest BCUT2D eigenvalue weighted by molar-refractivity contribution is 0.630. The molecule has 0 spiro atoms. The zero-order valence-corrected chi connectivity index (χ0v) is 8.67. The van der Waals surface area contributed by atoms with E-state index in [4.69, 9.17) is 5.73 Å². The van der Waals surface area contributed by atoms with E-state index < -0.39 is 0 Å².